The number of fused-ring (bicyclic) bond motifs is 1. The Morgan fingerprint density at radius 2 is 2.14 bits per heavy atom. The summed E-state index contributed by atoms with van der Waals surface area (Å²) in [6.07, 6.45) is 2.70. The molecule has 1 aromatic carbocycles. The lowest BCUT2D eigenvalue weighted by Crippen LogP contribution is -2.44. The van der Waals surface area contributed by atoms with Gasteiger partial charge in [-0.25, -0.2) is 0 Å². The Morgan fingerprint density at radius 3 is 2.81 bits per heavy atom. The summed E-state index contributed by atoms with van der Waals surface area (Å²) in [7, 11) is 0. The molecule has 0 unspecified atom stereocenters. The van der Waals surface area contributed by atoms with Crippen LogP contribution in [-0.4, -0.2) is 22.4 Å². The van der Waals surface area contributed by atoms with Gasteiger partial charge in [-0.2, -0.15) is 0 Å². The minimum atomic E-state index is -0.599. The van der Waals surface area contributed by atoms with Crippen molar-refractivity contribution in [1.82, 2.24) is 9.88 Å². The summed E-state index contributed by atoms with van der Waals surface area (Å²) in [6.45, 7) is 2.34. The zero-order chi connectivity index (χ0) is 15.4. The third kappa shape index (κ3) is 3.76. The highest BCUT2D eigenvalue weighted by Crippen LogP contribution is 2.20. The van der Waals surface area contributed by atoms with E-state index in [1.807, 2.05) is 35.0 Å². The number of aryl methyl sites for hydroxylation is 1. The second kappa shape index (κ2) is 6.63. The highest BCUT2D eigenvalue weighted by Gasteiger charge is 2.15. The molecule has 6 heteroatoms. The number of benzene rings is 1. The lowest BCUT2D eigenvalue weighted by atomic mass is 10.2. The Morgan fingerprint density at radius 1 is 1.38 bits per heavy atom. The maximum absolute atomic E-state index is 11.8. The number of carbonyl (C=O) groups is 2. The van der Waals surface area contributed by atoms with Crippen LogP contribution in [-0.2, 0) is 16.1 Å². The smallest absolute Gasteiger partial charge is 0.239 e. The molecule has 1 atom stereocenters. The average molecular weight is 308 g/mol. The molecule has 0 saturated carbocycles. The fourth-order valence-corrected chi connectivity index (χ4v) is 2.41. The largest absolute Gasteiger partial charge is 0.368 e. The van der Waals surface area contributed by atoms with Crippen molar-refractivity contribution in [2.24, 2.45) is 5.73 Å². The molecular formula is C15H18ClN3O2. The summed E-state index contributed by atoms with van der Waals surface area (Å²) < 4.78 is 1.98. The maximum Gasteiger partial charge on any atom is 0.239 e. The molecule has 0 radical (unpaired) electrons. The number of hydrogen-bond donors (Lipinski definition) is 2. The molecular weight excluding hydrogens is 290 g/mol. The van der Waals surface area contributed by atoms with Crippen molar-refractivity contribution in [2.75, 3.05) is 0 Å². The molecule has 2 amide bonds. The van der Waals surface area contributed by atoms with Crippen molar-refractivity contribution in [1.29, 1.82) is 0 Å². The molecule has 0 aliphatic heterocycles. The molecule has 1 heterocycles. The van der Waals surface area contributed by atoms with Crippen LogP contribution in [0.15, 0.2) is 30.5 Å². The summed E-state index contributed by atoms with van der Waals surface area (Å²) in [6, 6.07) is 6.98. The molecule has 0 fully saturated rings. The number of primary amides is 1. The summed E-state index contributed by atoms with van der Waals surface area (Å²) in [4.78, 5) is 22.9. The van der Waals surface area contributed by atoms with Gasteiger partial charge in [-0.1, -0.05) is 18.5 Å². The van der Waals surface area contributed by atoms with Crippen molar-refractivity contribution in [2.45, 2.75) is 32.4 Å². The first kappa shape index (κ1) is 15.4. The third-order valence-electron chi connectivity index (χ3n) is 3.40. The van der Waals surface area contributed by atoms with E-state index in [-0.39, 0.29) is 12.3 Å². The lowest BCUT2D eigenvalue weighted by Gasteiger charge is -2.13. The van der Waals surface area contributed by atoms with E-state index < -0.39 is 11.9 Å². The minimum absolute atomic E-state index is 0.184. The zero-order valence-electron chi connectivity index (χ0n) is 11.8. The van der Waals surface area contributed by atoms with Crippen LogP contribution in [0.5, 0.6) is 0 Å². The third-order valence-corrected chi connectivity index (χ3v) is 3.63. The van der Waals surface area contributed by atoms with Crippen molar-refractivity contribution in [3.8, 4) is 0 Å². The van der Waals surface area contributed by atoms with Gasteiger partial charge in [-0.15, -0.1) is 0 Å². The quantitative estimate of drug-likeness (QED) is 0.857. The number of rotatable bonds is 6. The first-order valence-electron chi connectivity index (χ1n) is 6.84. The fourth-order valence-electron chi connectivity index (χ4n) is 2.23. The number of aromatic nitrogens is 1. The normalized spacial score (nSPS) is 12.3. The van der Waals surface area contributed by atoms with Crippen molar-refractivity contribution in [3.63, 3.8) is 0 Å². The van der Waals surface area contributed by atoms with Gasteiger partial charge < -0.3 is 15.6 Å². The van der Waals surface area contributed by atoms with Gasteiger partial charge in [0.1, 0.15) is 6.04 Å². The number of nitrogens with two attached hydrogens (primary N) is 1. The van der Waals surface area contributed by atoms with Gasteiger partial charge in [0.2, 0.25) is 11.8 Å². The van der Waals surface area contributed by atoms with Gasteiger partial charge in [0, 0.05) is 35.1 Å². The molecule has 112 valence electrons. The highest BCUT2D eigenvalue weighted by molar-refractivity contribution is 6.31. The summed E-state index contributed by atoms with van der Waals surface area (Å²) in [5.74, 6) is -0.691. The van der Waals surface area contributed by atoms with E-state index in [1.54, 1.807) is 6.92 Å². The number of carbonyl (C=O) groups excluding carboxylic acids is 2. The van der Waals surface area contributed by atoms with Crippen LogP contribution in [0.3, 0.4) is 0 Å². The summed E-state index contributed by atoms with van der Waals surface area (Å²) >= 11 is 5.94. The molecule has 1 aromatic heterocycles. The van der Waals surface area contributed by atoms with E-state index in [4.69, 9.17) is 17.3 Å². The predicted molar refractivity (Wildman–Crippen MR) is 83.0 cm³/mol. The Balaban J connectivity index is 1.98. The first-order chi connectivity index (χ1) is 10.0. The van der Waals surface area contributed by atoms with Gasteiger partial charge in [-0.05, 0) is 30.7 Å². The van der Waals surface area contributed by atoms with Crippen LogP contribution in [0.25, 0.3) is 10.9 Å². The Bertz CT molecular complexity index is 666. The predicted octanol–water partition coefficient (Wildman–Crippen LogP) is 2.06. The van der Waals surface area contributed by atoms with E-state index in [0.717, 1.165) is 10.9 Å². The highest BCUT2D eigenvalue weighted by atomic mass is 35.5. The molecule has 5 nitrogen and oxygen atoms in total. The van der Waals surface area contributed by atoms with Crippen LogP contribution in [0.2, 0.25) is 5.02 Å². The fraction of sp³-hybridized carbons (Fsp3) is 0.333. The minimum Gasteiger partial charge on any atom is -0.368 e. The van der Waals surface area contributed by atoms with E-state index in [2.05, 4.69) is 5.32 Å². The molecule has 0 saturated heterocycles. The number of hydrogen-bond acceptors (Lipinski definition) is 2. The molecule has 0 aliphatic rings. The zero-order valence-corrected chi connectivity index (χ0v) is 12.6. The van der Waals surface area contributed by atoms with Gasteiger partial charge in [-0.3, -0.25) is 9.59 Å². The second-order valence-corrected chi connectivity index (χ2v) is 5.33. The maximum atomic E-state index is 11.8. The second-order valence-electron chi connectivity index (χ2n) is 4.89. The molecule has 0 bridgehead atoms. The number of halogens is 1. The number of nitrogens with zero attached hydrogens (tertiary/aromatic N) is 1. The Labute approximate surface area is 128 Å². The van der Waals surface area contributed by atoms with E-state index in [9.17, 15) is 9.59 Å². The van der Waals surface area contributed by atoms with Gasteiger partial charge >= 0.3 is 0 Å². The first-order valence-corrected chi connectivity index (χ1v) is 7.22. The average Bonchev–Trinajstić information content (AvgIpc) is 2.84. The molecule has 2 aromatic rings. The van der Waals surface area contributed by atoms with Crippen LogP contribution in [0.1, 0.15) is 19.8 Å². The Kier molecular flexibility index (Phi) is 4.85. The standard InChI is InChI=1S/C15H18ClN3O2/c1-2-12(15(17)21)18-14(20)6-8-19-7-5-10-9-11(16)3-4-13(10)19/h3-5,7,9,12H,2,6,8H2,1H3,(H2,17,21)(H,18,20)/t12-/m0/s1. The van der Waals surface area contributed by atoms with E-state index in [1.165, 1.54) is 0 Å². The Hall–Kier alpha value is -2.01. The number of nitrogens with one attached hydrogen (secondary N) is 1. The van der Waals surface area contributed by atoms with Gasteiger partial charge in [0.05, 0.1) is 0 Å². The van der Waals surface area contributed by atoms with Crippen LogP contribution in [0, 0.1) is 0 Å². The molecule has 0 spiro atoms. The summed E-state index contributed by atoms with van der Waals surface area (Å²) in [5.41, 5.74) is 6.23. The topological polar surface area (TPSA) is 77.1 Å². The monoisotopic (exact) mass is 307 g/mol. The molecule has 2 rings (SSSR count). The van der Waals surface area contributed by atoms with E-state index >= 15 is 0 Å². The molecule has 21 heavy (non-hydrogen) atoms. The SMILES string of the molecule is CC[C@H](NC(=O)CCn1ccc2cc(Cl)ccc21)C(N)=O. The van der Waals surface area contributed by atoms with Crippen molar-refractivity contribution >= 4 is 34.3 Å². The van der Waals surface area contributed by atoms with Crippen LogP contribution in [0.4, 0.5) is 0 Å². The van der Waals surface area contributed by atoms with Crippen molar-refractivity contribution < 1.29 is 9.59 Å². The lowest BCUT2D eigenvalue weighted by molar-refractivity contribution is -0.127. The van der Waals surface area contributed by atoms with Crippen LogP contribution >= 0.6 is 11.6 Å². The van der Waals surface area contributed by atoms with Crippen LogP contribution < -0.4 is 11.1 Å². The van der Waals surface area contributed by atoms with E-state index in [0.29, 0.717) is 18.0 Å². The number of amides is 2. The van der Waals surface area contributed by atoms with Gasteiger partial charge in [0.25, 0.3) is 0 Å². The molecule has 0 aliphatic carbocycles. The van der Waals surface area contributed by atoms with Crippen molar-refractivity contribution in [3.05, 3.63) is 35.5 Å². The van der Waals surface area contributed by atoms with Gasteiger partial charge in [0.15, 0.2) is 0 Å². The molecule has 3 N–H and O–H groups in total. The summed E-state index contributed by atoms with van der Waals surface area (Å²) in [5, 5.41) is 4.36.